The highest BCUT2D eigenvalue weighted by molar-refractivity contribution is 5.76. The van der Waals surface area contributed by atoms with Crippen molar-refractivity contribution in [2.45, 2.75) is 52.1 Å². The molecule has 1 aliphatic rings. The summed E-state index contributed by atoms with van der Waals surface area (Å²) in [6.45, 7) is 7.75. The van der Waals surface area contributed by atoms with Crippen molar-refractivity contribution in [1.82, 2.24) is 15.1 Å². The number of piperidine rings is 1. The smallest absolute Gasteiger partial charge is 0.317 e. The van der Waals surface area contributed by atoms with Crippen LogP contribution in [-0.4, -0.2) is 66.2 Å². The van der Waals surface area contributed by atoms with Crippen molar-refractivity contribution in [2.75, 3.05) is 27.2 Å². The van der Waals surface area contributed by atoms with Crippen LogP contribution in [0.25, 0.3) is 0 Å². The Morgan fingerprint density at radius 1 is 1.43 bits per heavy atom. The number of carbonyl (C=O) groups excluding carboxylic acids is 1. The van der Waals surface area contributed by atoms with E-state index in [9.17, 15) is 9.59 Å². The minimum Gasteiger partial charge on any atom is -0.481 e. The molecule has 1 fully saturated rings. The number of urea groups is 1. The molecular weight excluding hydrogens is 270 g/mol. The SMILES string of the molecule is CN1CCCC(N(C)C(=O)NC(CC(=O)O)C(C)(C)C)C1. The summed E-state index contributed by atoms with van der Waals surface area (Å²) in [5, 5.41) is 11.9. The Kier molecular flexibility index (Phi) is 6.01. The average molecular weight is 299 g/mol. The molecule has 2 amide bonds. The minimum absolute atomic E-state index is 0.0619. The number of hydrogen-bond donors (Lipinski definition) is 2. The number of nitrogens with one attached hydrogen (secondary N) is 1. The maximum absolute atomic E-state index is 12.4. The molecule has 6 heteroatoms. The van der Waals surface area contributed by atoms with Crippen LogP contribution in [0.2, 0.25) is 0 Å². The Morgan fingerprint density at radius 2 is 2.05 bits per heavy atom. The lowest BCUT2D eigenvalue weighted by atomic mass is 9.85. The molecule has 2 unspecified atom stereocenters. The van der Waals surface area contributed by atoms with Crippen molar-refractivity contribution in [1.29, 1.82) is 0 Å². The summed E-state index contributed by atoms with van der Waals surface area (Å²) < 4.78 is 0. The Balaban J connectivity index is 2.65. The molecule has 6 nitrogen and oxygen atoms in total. The molecule has 0 radical (unpaired) electrons. The largest absolute Gasteiger partial charge is 0.481 e. The van der Waals surface area contributed by atoms with E-state index >= 15 is 0 Å². The average Bonchev–Trinajstić information content (AvgIpc) is 2.35. The summed E-state index contributed by atoms with van der Waals surface area (Å²) in [4.78, 5) is 27.3. The van der Waals surface area contributed by atoms with Gasteiger partial charge < -0.3 is 20.2 Å². The van der Waals surface area contributed by atoms with Gasteiger partial charge in [-0.2, -0.15) is 0 Å². The Hall–Kier alpha value is -1.30. The molecule has 1 rings (SSSR count). The van der Waals surface area contributed by atoms with Crippen LogP contribution in [0.5, 0.6) is 0 Å². The summed E-state index contributed by atoms with van der Waals surface area (Å²) in [5.41, 5.74) is -0.293. The molecule has 0 saturated carbocycles. The highest BCUT2D eigenvalue weighted by Gasteiger charge is 2.31. The molecular formula is C15H29N3O3. The number of amides is 2. The summed E-state index contributed by atoms with van der Waals surface area (Å²) in [5.74, 6) is -0.893. The predicted molar refractivity (Wildman–Crippen MR) is 82.3 cm³/mol. The first-order chi connectivity index (χ1) is 9.61. The van der Waals surface area contributed by atoms with Gasteiger partial charge in [0.25, 0.3) is 0 Å². The third-order valence-electron chi connectivity index (χ3n) is 4.19. The van der Waals surface area contributed by atoms with Crippen molar-refractivity contribution in [3.8, 4) is 0 Å². The second-order valence-corrected chi connectivity index (χ2v) is 7.14. The summed E-state index contributed by atoms with van der Waals surface area (Å²) in [7, 11) is 3.85. The number of carboxylic acids is 1. The molecule has 0 aromatic heterocycles. The first-order valence-corrected chi connectivity index (χ1v) is 7.55. The highest BCUT2D eigenvalue weighted by Crippen LogP contribution is 2.22. The Labute approximate surface area is 127 Å². The molecule has 122 valence electrons. The first-order valence-electron chi connectivity index (χ1n) is 7.55. The van der Waals surface area contributed by atoms with Crippen molar-refractivity contribution in [3.63, 3.8) is 0 Å². The number of carboxylic acid groups (broad SMARTS) is 1. The van der Waals surface area contributed by atoms with Crippen LogP contribution in [0.3, 0.4) is 0 Å². The number of rotatable bonds is 4. The van der Waals surface area contributed by atoms with E-state index in [1.807, 2.05) is 20.8 Å². The van der Waals surface area contributed by atoms with Crippen LogP contribution in [0.4, 0.5) is 4.79 Å². The van der Waals surface area contributed by atoms with Gasteiger partial charge in [-0.1, -0.05) is 20.8 Å². The molecule has 1 aliphatic heterocycles. The van der Waals surface area contributed by atoms with Gasteiger partial charge in [-0.15, -0.1) is 0 Å². The van der Waals surface area contributed by atoms with E-state index in [-0.39, 0.29) is 30.0 Å². The predicted octanol–water partition coefficient (Wildman–Crippen LogP) is 1.61. The van der Waals surface area contributed by atoms with E-state index in [0.717, 1.165) is 25.9 Å². The normalized spacial score (nSPS) is 21.7. The molecule has 2 N–H and O–H groups in total. The quantitative estimate of drug-likeness (QED) is 0.827. The lowest BCUT2D eigenvalue weighted by Gasteiger charge is -2.38. The maximum atomic E-state index is 12.4. The van der Waals surface area contributed by atoms with Crippen molar-refractivity contribution in [3.05, 3.63) is 0 Å². The first kappa shape index (κ1) is 17.8. The molecule has 0 spiro atoms. The van der Waals surface area contributed by atoms with E-state index in [4.69, 9.17) is 5.11 Å². The molecule has 21 heavy (non-hydrogen) atoms. The van der Waals surface area contributed by atoms with Crippen molar-refractivity contribution >= 4 is 12.0 Å². The fraction of sp³-hybridized carbons (Fsp3) is 0.867. The number of likely N-dealkylation sites (N-methyl/N-ethyl adjacent to an activating group) is 2. The van der Waals surface area contributed by atoms with Gasteiger partial charge in [0.1, 0.15) is 0 Å². The van der Waals surface area contributed by atoms with E-state index in [2.05, 4.69) is 17.3 Å². The second-order valence-electron chi connectivity index (χ2n) is 7.14. The van der Waals surface area contributed by atoms with Crippen LogP contribution in [0, 0.1) is 5.41 Å². The number of carbonyl (C=O) groups is 2. The summed E-state index contributed by atoms with van der Waals surface area (Å²) in [6.07, 6.45) is 2.01. The number of likely N-dealkylation sites (tertiary alicyclic amines) is 1. The molecule has 1 saturated heterocycles. The fourth-order valence-corrected chi connectivity index (χ4v) is 2.62. The molecule has 2 atom stereocenters. The van der Waals surface area contributed by atoms with Gasteiger partial charge in [0.05, 0.1) is 6.42 Å². The highest BCUT2D eigenvalue weighted by atomic mass is 16.4. The minimum atomic E-state index is -0.893. The zero-order valence-electron chi connectivity index (χ0n) is 13.8. The Morgan fingerprint density at radius 3 is 2.52 bits per heavy atom. The standard InChI is InChI=1S/C15H29N3O3/c1-15(2,3)12(9-13(19)20)16-14(21)18(5)11-7-6-8-17(4)10-11/h11-12H,6-10H2,1-5H3,(H,16,21)(H,19,20). The van der Waals surface area contributed by atoms with Gasteiger partial charge in [0, 0.05) is 25.7 Å². The topological polar surface area (TPSA) is 72.9 Å². The van der Waals surface area contributed by atoms with Crippen molar-refractivity contribution < 1.29 is 14.7 Å². The lowest BCUT2D eigenvalue weighted by Crippen LogP contribution is -2.54. The van der Waals surface area contributed by atoms with E-state index in [1.54, 1.807) is 11.9 Å². The van der Waals surface area contributed by atoms with Crippen LogP contribution < -0.4 is 5.32 Å². The molecule has 0 aliphatic carbocycles. The molecule has 0 aromatic rings. The van der Waals surface area contributed by atoms with Crippen LogP contribution in [0.1, 0.15) is 40.0 Å². The van der Waals surface area contributed by atoms with E-state index in [1.165, 1.54) is 0 Å². The maximum Gasteiger partial charge on any atom is 0.317 e. The van der Waals surface area contributed by atoms with Gasteiger partial charge in [-0.05, 0) is 31.8 Å². The number of aliphatic carboxylic acids is 1. The van der Waals surface area contributed by atoms with Gasteiger partial charge in [0.2, 0.25) is 0 Å². The molecule has 0 aromatic carbocycles. The van der Waals surface area contributed by atoms with Crippen molar-refractivity contribution in [2.24, 2.45) is 5.41 Å². The third kappa shape index (κ3) is 5.53. The third-order valence-corrected chi connectivity index (χ3v) is 4.19. The van der Waals surface area contributed by atoms with E-state index in [0.29, 0.717) is 0 Å². The second kappa shape index (κ2) is 7.11. The van der Waals surface area contributed by atoms with Gasteiger partial charge >= 0.3 is 12.0 Å². The number of nitrogens with zero attached hydrogens (tertiary/aromatic N) is 2. The summed E-state index contributed by atoms with van der Waals surface area (Å²) >= 11 is 0. The zero-order valence-corrected chi connectivity index (χ0v) is 13.8. The zero-order chi connectivity index (χ0) is 16.2. The Bertz CT molecular complexity index is 379. The van der Waals surface area contributed by atoms with Gasteiger partial charge in [0.15, 0.2) is 0 Å². The summed E-state index contributed by atoms with van der Waals surface area (Å²) in [6, 6.07) is -0.378. The fourth-order valence-electron chi connectivity index (χ4n) is 2.62. The van der Waals surface area contributed by atoms with Gasteiger partial charge in [-0.25, -0.2) is 4.79 Å². The molecule has 0 bridgehead atoms. The van der Waals surface area contributed by atoms with E-state index < -0.39 is 5.97 Å². The molecule has 1 heterocycles. The van der Waals surface area contributed by atoms with Crippen LogP contribution in [-0.2, 0) is 4.79 Å². The van der Waals surface area contributed by atoms with Gasteiger partial charge in [-0.3, -0.25) is 4.79 Å². The lowest BCUT2D eigenvalue weighted by molar-refractivity contribution is -0.138. The van der Waals surface area contributed by atoms with Crippen LogP contribution in [0.15, 0.2) is 0 Å². The monoisotopic (exact) mass is 299 g/mol. The van der Waals surface area contributed by atoms with Crippen LogP contribution >= 0.6 is 0 Å². The number of hydrogen-bond acceptors (Lipinski definition) is 3.